The fourth-order valence-corrected chi connectivity index (χ4v) is 1.27. The van der Waals surface area contributed by atoms with Gasteiger partial charge in [-0.1, -0.05) is 0 Å². The van der Waals surface area contributed by atoms with Crippen molar-refractivity contribution in [3.63, 3.8) is 0 Å². The van der Waals surface area contributed by atoms with Crippen molar-refractivity contribution in [3.05, 3.63) is 0 Å². The average molecular weight is 214 g/mol. The van der Waals surface area contributed by atoms with Crippen LogP contribution < -0.4 is 0 Å². The van der Waals surface area contributed by atoms with E-state index in [1.54, 1.807) is 27.7 Å². The molecule has 0 aromatic carbocycles. The maximum atomic E-state index is 11.6. The Hall–Kier alpha value is -1.06. The van der Waals surface area contributed by atoms with E-state index >= 15 is 0 Å². The summed E-state index contributed by atoms with van der Waals surface area (Å²) in [4.78, 5) is 23.3. The lowest BCUT2D eigenvalue weighted by molar-refractivity contribution is -0.168. The van der Waals surface area contributed by atoms with Crippen molar-refractivity contribution < 1.29 is 19.1 Å². The standard InChI is InChI=1S/C11H18O4/c1-7(2)14-9(12)11(5-6-11)10(13)15-8(3)4/h7-8H,5-6H2,1-4H3. The third-order valence-electron chi connectivity index (χ3n) is 2.22. The van der Waals surface area contributed by atoms with Crippen LogP contribution in [-0.2, 0) is 19.1 Å². The van der Waals surface area contributed by atoms with Crippen molar-refractivity contribution in [1.29, 1.82) is 0 Å². The Morgan fingerprint density at radius 2 is 1.27 bits per heavy atom. The molecule has 0 heterocycles. The van der Waals surface area contributed by atoms with Gasteiger partial charge in [0.15, 0.2) is 5.41 Å². The minimum Gasteiger partial charge on any atom is -0.462 e. The normalized spacial score (nSPS) is 17.7. The second kappa shape index (κ2) is 4.21. The average Bonchev–Trinajstić information content (AvgIpc) is 2.80. The van der Waals surface area contributed by atoms with Crippen molar-refractivity contribution in [2.75, 3.05) is 0 Å². The first-order chi connectivity index (χ1) is 6.88. The van der Waals surface area contributed by atoms with Gasteiger partial charge in [0.2, 0.25) is 0 Å². The van der Waals surface area contributed by atoms with E-state index in [4.69, 9.17) is 9.47 Å². The van der Waals surface area contributed by atoms with Gasteiger partial charge in [-0.15, -0.1) is 0 Å². The zero-order valence-electron chi connectivity index (χ0n) is 9.70. The summed E-state index contributed by atoms with van der Waals surface area (Å²) in [7, 11) is 0. The van der Waals surface area contributed by atoms with Gasteiger partial charge in [0, 0.05) is 0 Å². The van der Waals surface area contributed by atoms with Crippen LogP contribution in [0, 0.1) is 5.41 Å². The van der Waals surface area contributed by atoms with Crippen LogP contribution in [0.2, 0.25) is 0 Å². The highest BCUT2D eigenvalue weighted by Crippen LogP contribution is 2.48. The van der Waals surface area contributed by atoms with Gasteiger partial charge in [0.05, 0.1) is 12.2 Å². The Balaban J connectivity index is 2.59. The van der Waals surface area contributed by atoms with Gasteiger partial charge >= 0.3 is 11.9 Å². The number of rotatable bonds is 4. The summed E-state index contributed by atoms with van der Waals surface area (Å²) >= 11 is 0. The first-order valence-corrected chi connectivity index (χ1v) is 5.30. The molecule has 4 heteroatoms. The van der Waals surface area contributed by atoms with Crippen molar-refractivity contribution in [3.8, 4) is 0 Å². The summed E-state index contributed by atoms with van der Waals surface area (Å²) in [6, 6.07) is 0. The molecule has 15 heavy (non-hydrogen) atoms. The van der Waals surface area contributed by atoms with E-state index in [9.17, 15) is 9.59 Å². The summed E-state index contributed by atoms with van der Waals surface area (Å²) in [5.74, 6) is -0.883. The molecule has 1 aliphatic carbocycles. The molecule has 4 nitrogen and oxygen atoms in total. The third-order valence-corrected chi connectivity index (χ3v) is 2.22. The SMILES string of the molecule is CC(C)OC(=O)C1(C(=O)OC(C)C)CC1. The molecular formula is C11H18O4. The van der Waals surface area contributed by atoms with Crippen LogP contribution in [-0.4, -0.2) is 24.1 Å². The van der Waals surface area contributed by atoms with Crippen LogP contribution in [0.5, 0.6) is 0 Å². The zero-order chi connectivity index (χ0) is 11.6. The van der Waals surface area contributed by atoms with Gasteiger partial charge in [-0.25, -0.2) is 0 Å². The highest BCUT2D eigenvalue weighted by molar-refractivity contribution is 6.03. The molecule has 1 aliphatic rings. The molecule has 86 valence electrons. The molecule has 0 atom stereocenters. The summed E-state index contributed by atoms with van der Waals surface area (Å²) < 4.78 is 10.1. The molecule has 0 spiro atoms. The summed E-state index contributed by atoms with van der Waals surface area (Å²) in [5, 5.41) is 0. The smallest absolute Gasteiger partial charge is 0.323 e. The summed E-state index contributed by atoms with van der Waals surface area (Å²) in [6.07, 6.45) is 0.706. The molecule has 0 aromatic rings. The molecule has 0 aliphatic heterocycles. The first-order valence-electron chi connectivity index (χ1n) is 5.30. The van der Waals surface area contributed by atoms with Crippen LogP contribution >= 0.6 is 0 Å². The molecule has 0 aromatic heterocycles. The number of hydrogen-bond donors (Lipinski definition) is 0. The molecule has 0 amide bonds. The van der Waals surface area contributed by atoms with Crippen LogP contribution in [0.1, 0.15) is 40.5 Å². The van der Waals surface area contributed by atoms with E-state index in [0.29, 0.717) is 12.8 Å². The monoisotopic (exact) mass is 214 g/mol. The number of esters is 2. The Kier molecular flexibility index (Phi) is 3.37. The highest BCUT2D eigenvalue weighted by Gasteiger charge is 2.59. The number of hydrogen-bond acceptors (Lipinski definition) is 4. The van der Waals surface area contributed by atoms with E-state index in [1.165, 1.54) is 0 Å². The topological polar surface area (TPSA) is 52.6 Å². The Morgan fingerprint density at radius 3 is 1.47 bits per heavy atom. The van der Waals surface area contributed by atoms with Gasteiger partial charge in [0.25, 0.3) is 0 Å². The van der Waals surface area contributed by atoms with E-state index in [2.05, 4.69) is 0 Å². The molecule has 0 N–H and O–H groups in total. The number of carbonyl (C=O) groups is 2. The summed E-state index contributed by atoms with van der Waals surface area (Å²) in [5.41, 5.74) is -0.992. The van der Waals surface area contributed by atoms with E-state index in [-0.39, 0.29) is 12.2 Å². The molecule has 1 rings (SSSR count). The van der Waals surface area contributed by atoms with Crippen LogP contribution in [0.4, 0.5) is 0 Å². The Morgan fingerprint density at radius 1 is 0.933 bits per heavy atom. The van der Waals surface area contributed by atoms with E-state index in [1.807, 2.05) is 0 Å². The molecule has 1 fully saturated rings. The van der Waals surface area contributed by atoms with E-state index in [0.717, 1.165) is 0 Å². The van der Waals surface area contributed by atoms with Crippen LogP contribution in [0.15, 0.2) is 0 Å². The Labute approximate surface area is 89.9 Å². The maximum Gasteiger partial charge on any atom is 0.323 e. The van der Waals surface area contributed by atoms with Gasteiger partial charge in [-0.05, 0) is 40.5 Å². The molecule has 1 saturated carbocycles. The number of carbonyl (C=O) groups excluding carboxylic acids is 2. The second-order valence-electron chi connectivity index (χ2n) is 4.49. The molecule has 0 radical (unpaired) electrons. The fraction of sp³-hybridized carbons (Fsp3) is 0.818. The molecule has 0 unspecified atom stereocenters. The van der Waals surface area contributed by atoms with E-state index < -0.39 is 17.4 Å². The first kappa shape index (κ1) is 12.0. The van der Waals surface area contributed by atoms with Gasteiger partial charge in [0.1, 0.15) is 0 Å². The van der Waals surface area contributed by atoms with Crippen molar-refractivity contribution in [2.24, 2.45) is 5.41 Å². The van der Waals surface area contributed by atoms with Crippen molar-refractivity contribution in [2.45, 2.75) is 52.7 Å². The van der Waals surface area contributed by atoms with Crippen molar-refractivity contribution >= 4 is 11.9 Å². The zero-order valence-corrected chi connectivity index (χ0v) is 9.70. The van der Waals surface area contributed by atoms with Crippen LogP contribution in [0.3, 0.4) is 0 Å². The van der Waals surface area contributed by atoms with Crippen LogP contribution in [0.25, 0.3) is 0 Å². The fourth-order valence-electron chi connectivity index (χ4n) is 1.27. The third kappa shape index (κ3) is 2.70. The van der Waals surface area contributed by atoms with Gasteiger partial charge in [-0.2, -0.15) is 0 Å². The Bertz CT molecular complexity index is 240. The van der Waals surface area contributed by atoms with Gasteiger partial charge in [-0.3, -0.25) is 9.59 Å². The lowest BCUT2D eigenvalue weighted by atomic mass is 10.1. The lowest BCUT2D eigenvalue weighted by Gasteiger charge is -2.17. The predicted molar refractivity (Wildman–Crippen MR) is 54.1 cm³/mol. The highest BCUT2D eigenvalue weighted by atomic mass is 16.6. The lowest BCUT2D eigenvalue weighted by Crippen LogP contribution is -2.32. The maximum absolute atomic E-state index is 11.6. The quantitative estimate of drug-likeness (QED) is 0.527. The minimum absolute atomic E-state index is 0.193. The summed E-state index contributed by atoms with van der Waals surface area (Å²) in [6.45, 7) is 7.06. The molecular weight excluding hydrogens is 196 g/mol. The molecule has 0 saturated heterocycles. The van der Waals surface area contributed by atoms with Gasteiger partial charge < -0.3 is 9.47 Å². The number of ether oxygens (including phenoxy) is 2. The molecule has 0 bridgehead atoms. The second-order valence-corrected chi connectivity index (χ2v) is 4.49. The van der Waals surface area contributed by atoms with Crippen molar-refractivity contribution in [1.82, 2.24) is 0 Å². The predicted octanol–water partition coefficient (Wildman–Crippen LogP) is 1.67. The minimum atomic E-state index is -0.992. The largest absolute Gasteiger partial charge is 0.462 e.